The first kappa shape index (κ1) is 18.5. The number of anilines is 2. The van der Waals surface area contributed by atoms with Crippen molar-refractivity contribution in [3.05, 3.63) is 52.0 Å². The van der Waals surface area contributed by atoms with Crippen molar-refractivity contribution >= 4 is 46.4 Å². The van der Waals surface area contributed by atoms with Gasteiger partial charge < -0.3 is 15.0 Å². The number of carbonyl (C=O) groups is 2. The molecule has 0 saturated carbocycles. The first-order chi connectivity index (χ1) is 12.4. The molecular formula is C19H18Cl2N2O3. The second kappa shape index (κ2) is 7.56. The monoisotopic (exact) mass is 392 g/mol. The van der Waals surface area contributed by atoms with E-state index >= 15 is 0 Å². The number of nitrogens with one attached hydrogen (secondary N) is 1. The van der Waals surface area contributed by atoms with E-state index in [1.165, 1.54) is 7.11 Å². The molecule has 1 aliphatic rings. The number of hydrogen-bond acceptors (Lipinski definition) is 3. The van der Waals surface area contributed by atoms with E-state index in [0.717, 1.165) is 5.56 Å². The highest BCUT2D eigenvalue weighted by Crippen LogP contribution is 2.32. The molecule has 136 valence electrons. The average molecular weight is 393 g/mol. The molecule has 26 heavy (non-hydrogen) atoms. The molecule has 1 aliphatic heterocycles. The highest BCUT2D eigenvalue weighted by atomic mass is 35.5. The number of amides is 2. The molecule has 5 nitrogen and oxygen atoms in total. The van der Waals surface area contributed by atoms with Crippen LogP contribution in [0.25, 0.3) is 0 Å². The van der Waals surface area contributed by atoms with Crippen LogP contribution in [0.5, 0.6) is 5.75 Å². The van der Waals surface area contributed by atoms with Gasteiger partial charge in [-0.05, 0) is 42.8 Å². The Morgan fingerprint density at radius 3 is 2.62 bits per heavy atom. The molecule has 0 bridgehead atoms. The van der Waals surface area contributed by atoms with Gasteiger partial charge in [-0.1, -0.05) is 29.3 Å². The molecule has 3 rings (SSSR count). The largest absolute Gasteiger partial charge is 0.495 e. The molecule has 7 heteroatoms. The van der Waals surface area contributed by atoms with E-state index in [9.17, 15) is 9.59 Å². The first-order valence-electron chi connectivity index (χ1n) is 8.10. The van der Waals surface area contributed by atoms with Gasteiger partial charge >= 0.3 is 0 Å². The van der Waals surface area contributed by atoms with Crippen LogP contribution in [0, 0.1) is 12.8 Å². The minimum atomic E-state index is -0.441. The molecule has 0 spiro atoms. The van der Waals surface area contributed by atoms with Crippen LogP contribution >= 0.6 is 23.2 Å². The molecule has 2 aromatic rings. The molecule has 1 heterocycles. The Hall–Kier alpha value is -2.24. The number of hydrogen-bond donors (Lipinski definition) is 1. The zero-order chi connectivity index (χ0) is 18.8. The maximum atomic E-state index is 12.5. The van der Waals surface area contributed by atoms with E-state index in [1.54, 1.807) is 35.2 Å². The fourth-order valence-corrected chi connectivity index (χ4v) is 3.30. The number of ether oxygens (including phenoxy) is 1. The summed E-state index contributed by atoms with van der Waals surface area (Å²) in [5.74, 6) is -0.232. The molecule has 0 aromatic heterocycles. The van der Waals surface area contributed by atoms with Gasteiger partial charge in [0.05, 0.1) is 18.1 Å². The lowest BCUT2D eigenvalue weighted by molar-refractivity contribution is -0.122. The van der Waals surface area contributed by atoms with Crippen LogP contribution in [-0.2, 0) is 9.59 Å². The highest BCUT2D eigenvalue weighted by Gasteiger charge is 2.35. The molecule has 1 atom stereocenters. The maximum absolute atomic E-state index is 12.5. The van der Waals surface area contributed by atoms with Gasteiger partial charge in [0, 0.05) is 29.4 Å². The van der Waals surface area contributed by atoms with E-state index in [2.05, 4.69) is 5.32 Å². The summed E-state index contributed by atoms with van der Waals surface area (Å²) in [6, 6.07) is 10.4. The van der Waals surface area contributed by atoms with Gasteiger partial charge in [0.2, 0.25) is 11.8 Å². The normalized spacial score (nSPS) is 16.7. The molecule has 1 N–H and O–H groups in total. The zero-order valence-corrected chi connectivity index (χ0v) is 15.9. The van der Waals surface area contributed by atoms with Gasteiger partial charge in [-0.2, -0.15) is 0 Å². The summed E-state index contributed by atoms with van der Waals surface area (Å²) < 4.78 is 5.12. The first-order valence-corrected chi connectivity index (χ1v) is 8.85. The third kappa shape index (κ3) is 3.79. The predicted molar refractivity (Wildman–Crippen MR) is 103 cm³/mol. The summed E-state index contributed by atoms with van der Waals surface area (Å²) in [6.07, 6.45) is 0.148. The number of carbonyl (C=O) groups excluding carboxylic acids is 2. The van der Waals surface area contributed by atoms with Gasteiger partial charge in [-0.25, -0.2) is 0 Å². The summed E-state index contributed by atoms with van der Waals surface area (Å²) in [7, 11) is 1.53. The number of nitrogens with zero attached hydrogens (tertiary/aromatic N) is 1. The number of aryl methyl sites for hydroxylation is 1. The van der Waals surface area contributed by atoms with Crippen molar-refractivity contribution in [3.8, 4) is 5.75 Å². The van der Waals surface area contributed by atoms with Crippen molar-refractivity contribution in [1.29, 1.82) is 0 Å². The van der Waals surface area contributed by atoms with Crippen molar-refractivity contribution < 1.29 is 14.3 Å². The molecule has 1 fully saturated rings. The minimum Gasteiger partial charge on any atom is -0.495 e. The average Bonchev–Trinajstić information content (AvgIpc) is 3.00. The quantitative estimate of drug-likeness (QED) is 0.843. The standard InChI is InChI=1S/C19H18Cl2N2O3/c1-11-3-4-13(8-15(11)20)22-19(25)12-7-18(24)23(10-12)14-5-6-17(26-2)16(21)9-14/h3-6,8-9,12H,7,10H2,1-2H3,(H,22,25). The summed E-state index contributed by atoms with van der Waals surface area (Å²) in [6.45, 7) is 2.19. The third-order valence-corrected chi connectivity index (χ3v) is 5.08. The SMILES string of the molecule is COc1ccc(N2CC(C(=O)Nc3ccc(C)c(Cl)c3)CC2=O)cc1Cl. The Kier molecular flexibility index (Phi) is 5.39. The number of halogens is 2. The molecule has 0 radical (unpaired) electrons. The van der Waals surface area contributed by atoms with E-state index in [0.29, 0.717) is 33.7 Å². The summed E-state index contributed by atoms with van der Waals surface area (Å²) in [4.78, 5) is 26.4. The van der Waals surface area contributed by atoms with Crippen LogP contribution in [0.15, 0.2) is 36.4 Å². The molecule has 0 aliphatic carbocycles. The molecule has 1 unspecified atom stereocenters. The molecular weight excluding hydrogens is 375 g/mol. The minimum absolute atomic E-state index is 0.117. The molecule has 2 amide bonds. The van der Waals surface area contributed by atoms with Crippen molar-refractivity contribution in [2.75, 3.05) is 23.9 Å². The van der Waals surface area contributed by atoms with Gasteiger partial charge in [0.1, 0.15) is 5.75 Å². The Bertz CT molecular complexity index is 870. The fraction of sp³-hybridized carbons (Fsp3) is 0.263. The van der Waals surface area contributed by atoms with Crippen molar-refractivity contribution in [1.82, 2.24) is 0 Å². The fourth-order valence-electron chi connectivity index (χ4n) is 2.87. The van der Waals surface area contributed by atoms with Crippen molar-refractivity contribution in [2.24, 2.45) is 5.92 Å². The highest BCUT2D eigenvalue weighted by molar-refractivity contribution is 6.32. The van der Waals surface area contributed by atoms with Crippen LogP contribution in [-0.4, -0.2) is 25.5 Å². The van der Waals surface area contributed by atoms with Gasteiger partial charge in [0.25, 0.3) is 0 Å². The number of rotatable bonds is 4. The van der Waals surface area contributed by atoms with E-state index in [-0.39, 0.29) is 18.2 Å². The van der Waals surface area contributed by atoms with E-state index in [1.807, 2.05) is 13.0 Å². The predicted octanol–water partition coefficient (Wildman–Crippen LogP) is 4.30. The Balaban J connectivity index is 1.71. The Morgan fingerprint density at radius 2 is 1.96 bits per heavy atom. The zero-order valence-electron chi connectivity index (χ0n) is 14.4. The summed E-state index contributed by atoms with van der Waals surface area (Å²) in [5, 5.41) is 3.83. The Morgan fingerprint density at radius 1 is 1.19 bits per heavy atom. The third-order valence-electron chi connectivity index (χ3n) is 4.38. The van der Waals surface area contributed by atoms with Crippen molar-refractivity contribution in [2.45, 2.75) is 13.3 Å². The lowest BCUT2D eigenvalue weighted by atomic mass is 10.1. The maximum Gasteiger partial charge on any atom is 0.229 e. The van der Waals surface area contributed by atoms with Crippen LogP contribution in [0.3, 0.4) is 0 Å². The van der Waals surface area contributed by atoms with Gasteiger partial charge in [0.15, 0.2) is 0 Å². The lowest BCUT2D eigenvalue weighted by Gasteiger charge is -2.18. The summed E-state index contributed by atoms with van der Waals surface area (Å²) in [5.41, 5.74) is 2.20. The lowest BCUT2D eigenvalue weighted by Crippen LogP contribution is -2.28. The summed E-state index contributed by atoms with van der Waals surface area (Å²) >= 11 is 12.2. The second-order valence-electron chi connectivity index (χ2n) is 6.18. The van der Waals surface area contributed by atoms with Crippen LogP contribution in [0.4, 0.5) is 11.4 Å². The van der Waals surface area contributed by atoms with Crippen LogP contribution in [0.2, 0.25) is 10.0 Å². The Labute approximate surface area is 161 Å². The van der Waals surface area contributed by atoms with E-state index < -0.39 is 5.92 Å². The number of benzene rings is 2. The smallest absolute Gasteiger partial charge is 0.229 e. The van der Waals surface area contributed by atoms with Crippen LogP contribution < -0.4 is 15.0 Å². The van der Waals surface area contributed by atoms with E-state index in [4.69, 9.17) is 27.9 Å². The number of methoxy groups -OCH3 is 1. The topological polar surface area (TPSA) is 58.6 Å². The van der Waals surface area contributed by atoms with Crippen molar-refractivity contribution in [3.63, 3.8) is 0 Å². The van der Waals surface area contributed by atoms with Gasteiger partial charge in [-0.15, -0.1) is 0 Å². The molecule has 2 aromatic carbocycles. The molecule has 1 saturated heterocycles. The van der Waals surface area contributed by atoms with Gasteiger partial charge in [-0.3, -0.25) is 9.59 Å². The van der Waals surface area contributed by atoms with Crippen LogP contribution in [0.1, 0.15) is 12.0 Å². The second-order valence-corrected chi connectivity index (χ2v) is 6.99.